The number of piperidine rings is 2. The summed E-state index contributed by atoms with van der Waals surface area (Å²) in [5.41, 5.74) is 11.1. The van der Waals surface area contributed by atoms with E-state index < -0.39 is 5.91 Å². The molecule has 250 valence electrons. The summed E-state index contributed by atoms with van der Waals surface area (Å²) >= 11 is 0. The molecule has 0 aliphatic carbocycles. The average molecular weight is 640 g/mol. The van der Waals surface area contributed by atoms with Crippen molar-refractivity contribution < 1.29 is 9.53 Å². The topological polar surface area (TPSA) is 125 Å². The van der Waals surface area contributed by atoms with Crippen LogP contribution in [0.25, 0.3) is 11.4 Å². The second-order valence-corrected chi connectivity index (χ2v) is 14.0. The molecule has 4 fully saturated rings. The first kappa shape index (κ1) is 31.8. The molecule has 4 saturated heterocycles. The van der Waals surface area contributed by atoms with Gasteiger partial charge >= 0.3 is 0 Å². The fourth-order valence-electron chi connectivity index (χ4n) is 8.15. The van der Waals surface area contributed by atoms with Gasteiger partial charge in [-0.05, 0) is 106 Å². The first-order chi connectivity index (χ1) is 22.9. The number of benzene rings is 1. The molecule has 2 aromatic heterocycles. The van der Waals surface area contributed by atoms with E-state index >= 15 is 0 Å². The van der Waals surface area contributed by atoms with Crippen molar-refractivity contribution in [2.75, 3.05) is 75.1 Å². The van der Waals surface area contributed by atoms with Crippen molar-refractivity contribution in [3.63, 3.8) is 0 Å². The number of nitrogens with zero attached hydrogens (tertiary/aromatic N) is 6. The number of nitrogens with two attached hydrogens (primary N) is 1. The van der Waals surface area contributed by atoms with Gasteiger partial charge in [0.15, 0.2) is 17.3 Å². The molecular formula is C36H49N9O2. The highest BCUT2D eigenvalue weighted by Crippen LogP contribution is 2.41. The number of carbonyl (C=O) groups excluding carboxylic acids is 1. The molecule has 0 bridgehead atoms. The average Bonchev–Trinajstić information content (AvgIpc) is 3.09. The number of aryl methyl sites for hydroxylation is 1. The summed E-state index contributed by atoms with van der Waals surface area (Å²) < 4.78 is 5.56. The first-order valence-corrected chi connectivity index (χ1v) is 17.4. The van der Waals surface area contributed by atoms with Crippen LogP contribution in [0.2, 0.25) is 0 Å². The number of pyridine rings is 1. The number of hydrogen-bond donors (Lipinski definition) is 3. The minimum absolute atomic E-state index is 0.0836. The number of ether oxygens (including phenoxy) is 1. The minimum atomic E-state index is -0.645. The van der Waals surface area contributed by atoms with Crippen molar-refractivity contribution in [1.29, 1.82) is 0 Å². The maximum Gasteiger partial charge on any atom is 0.271 e. The van der Waals surface area contributed by atoms with Crippen molar-refractivity contribution in [3.8, 4) is 11.4 Å². The maximum atomic E-state index is 12.7. The molecule has 0 radical (unpaired) electrons. The third kappa shape index (κ3) is 6.93. The Morgan fingerprint density at radius 3 is 2.43 bits per heavy atom. The molecule has 11 heteroatoms. The van der Waals surface area contributed by atoms with Gasteiger partial charge in [0, 0.05) is 69.0 Å². The molecule has 4 N–H and O–H groups in total. The highest BCUT2D eigenvalue weighted by atomic mass is 16.5. The lowest BCUT2D eigenvalue weighted by Gasteiger charge is -2.54. The van der Waals surface area contributed by atoms with Crippen molar-refractivity contribution in [3.05, 3.63) is 53.9 Å². The molecule has 4 aliphatic heterocycles. The van der Waals surface area contributed by atoms with E-state index in [4.69, 9.17) is 20.4 Å². The lowest BCUT2D eigenvalue weighted by molar-refractivity contribution is -0.0419. The van der Waals surface area contributed by atoms with E-state index in [1.807, 2.05) is 18.2 Å². The predicted octanol–water partition coefficient (Wildman–Crippen LogP) is 4.53. The fourth-order valence-corrected chi connectivity index (χ4v) is 8.15. The number of likely N-dealkylation sites (tertiary alicyclic amines) is 2. The van der Waals surface area contributed by atoms with E-state index in [0.29, 0.717) is 47.7 Å². The van der Waals surface area contributed by atoms with Crippen LogP contribution >= 0.6 is 0 Å². The minimum Gasteiger partial charge on any atom is -0.381 e. The highest BCUT2D eigenvalue weighted by Gasteiger charge is 2.44. The van der Waals surface area contributed by atoms with E-state index in [2.05, 4.69) is 62.5 Å². The molecule has 0 atom stereocenters. The molecule has 7 rings (SSSR count). The normalized spacial score (nSPS) is 21.0. The van der Waals surface area contributed by atoms with Crippen LogP contribution in [0, 0.1) is 5.41 Å². The molecule has 4 aliphatic rings. The van der Waals surface area contributed by atoms with Crippen LogP contribution in [0.3, 0.4) is 0 Å². The number of carbonyl (C=O) groups is 1. The van der Waals surface area contributed by atoms with E-state index in [0.717, 1.165) is 38.0 Å². The Morgan fingerprint density at radius 2 is 1.77 bits per heavy atom. The van der Waals surface area contributed by atoms with Gasteiger partial charge in [-0.3, -0.25) is 9.78 Å². The Balaban J connectivity index is 1.07. The number of primary amides is 1. The lowest BCUT2D eigenvalue weighted by Crippen LogP contribution is -2.60. The lowest BCUT2D eigenvalue weighted by atomic mass is 9.72. The van der Waals surface area contributed by atoms with Gasteiger partial charge in [-0.25, -0.2) is 9.97 Å². The molecule has 6 heterocycles. The summed E-state index contributed by atoms with van der Waals surface area (Å²) in [4.78, 5) is 34.6. The van der Waals surface area contributed by atoms with Gasteiger partial charge in [0.1, 0.15) is 5.69 Å². The van der Waals surface area contributed by atoms with Crippen molar-refractivity contribution in [2.24, 2.45) is 11.1 Å². The third-order valence-electron chi connectivity index (χ3n) is 10.7. The largest absolute Gasteiger partial charge is 0.381 e. The number of anilines is 4. The van der Waals surface area contributed by atoms with E-state index in [1.54, 1.807) is 6.20 Å². The van der Waals surface area contributed by atoms with E-state index in [9.17, 15) is 4.79 Å². The van der Waals surface area contributed by atoms with Gasteiger partial charge < -0.3 is 35.8 Å². The molecular weight excluding hydrogens is 590 g/mol. The Hall–Kier alpha value is -3.80. The second-order valence-electron chi connectivity index (χ2n) is 14.0. The van der Waals surface area contributed by atoms with Crippen LogP contribution in [0.15, 0.2) is 42.6 Å². The fraction of sp³-hybridized carbons (Fsp3) is 0.556. The van der Waals surface area contributed by atoms with Crippen LogP contribution < -0.4 is 21.3 Å². The zero-order valence-electron chi connectivity index (χ0n) is 27.9. The van der Waals surface area contributed by atoms with Gasteiger partial charge in [0.05, 0.1) is 5.69 Å². The Kier molecular flexibility index (Phi) is 9.29. The number of hydrogen-bond acceptors (Lipinski definition) is 10. The molecule has 1 aromatic carbocycles. The molecule has 3 aromatic rings. The summed E-state index contributed by atoms with van der Waals surface area (Å²) in [5, 5.41) is 6.95. The summed E-state index contributed by atoms with van der Waals surface area (Å²) in [6.45, 7) is 10.8. The maximum absolute atomic E-state index is 12.7. The molecule has 47 heavy (non-hydrogen) atoms. The van der Waals surface area contributed by atoms with Gasteiger partial charge in [-0.1, -0.05) is 13.0 Å². The van der Waals surface area contributed by atoms with Crippen LogP contribution in [0.5, 0.6) is 0 Å². The van der Waals surface area contributed by atoms with Crippen LogP contribution in [0.4, 0.5) is 23.0 Å². The summed E-state index contributed by atoms with van der Waals surface area (Å²) in [7, 11) is 2.25. The quantitative estimate of drug-likeness (QED) is 0.308. The molecule has 1 spiro atoms. The van der Waals surface area contributed by atoms with Crippen LogP contribution in [-0.2, 0) is 11.2 Å². The van der Waals surface area contributed by atoms with E-state index in [-0.39, 0.29) is 11.7 Å². The second kappa shape index (κ2) is 13.7. The van der Waals surface area contributed by atoms with Crippen molar-refractivity contribution in [1.82, 2.24) is 24.8 Å². The van der Waals surface area contributed by atoms with Gasteiger partial charge in [-0.2, -0.15) is 0 Å². The van der Waals surface area contributed by atoms with Gasteiger partial charge in [-0.15, -0.1) is 0 Å². The predicted molar refractivity (Wildman–Crippen MR) is 186 cm³/mol. The standard InChI is InChI=1S/C36H49N9O2/c1-3-25-22-27(7-8-30(25)45-16-9-28(10-17-45)44-18-13-36(14-19-44)23-43(2)24-36)40-35-32(33(37)46)41-31(29-6-4-5-15-38-29)34(42-35)39-26-11-20-47-21-12-26/h4-8,15,22,26,28H,3,9-14,16-21,23-24H2,1-2H3,(H2,37,46)(H2,39,40,42). The van der Waals surface area contributed by atoms with E-state index in [1.165, 1.54) is 63.1 Å². The van der Waals surface area contributed by atoms with Gasteiger partial charge in [0.25, 0.3) is 5.91 Å². The monoisotopic (exact) mass is 639 g/mol. The Bertz CT molecular complexity index is 1540. The smallest absolute Gasteiger partial charge is 0.271 e. The zero-order valence-corrected chi connectivity index (χ0v) is 27.9. The molecule has 0 unspecified atom stereocenters. The molecule has 1 amide bonds. The number of nitrogens with one attached hydrogen (secondary N) is 2. The summed E-state index contributed by atoms with van der Waals surface area (Å²) in [6, 6.07) is 12.9. The summed E-state index contributed by atoms with van der Waals surface area (Å²) in [6.07, 6.45) is 9.45. The highest BCUT2D eigenvalue weighted by molar-refractivity contribution is 5.97. The SMILES string of the molecule is CCc1cc(Nc2nc(NC3CCOCC3)c(-c3ccccn3)nc2C(N)=O)ccc1N1CCC(N2CCC3(CC2)CN(C)C3)CC1. The van der Waals surface area contributed by atoms with Crippen LogP contribution in [-0.4, -0.2) is 102 Å². The number of amides is 1. The van der Waals surface area contributed by atoms with Crippen molar-refractivity contribution in [2.45, 2.75) is 64.0 Å². The third-order valence-corrected chi connectivity index (χ3v) is 10.7. The molecule has 0 saturated carbocycles. The molecule has 11 nitrogen and oxygen atoms in total. The Labute approximate surface area is 278 Å². The van der Waals surface area contributed by atoms with Crippen molar-refractivity contribution >= 4 is 28.9 Å². The summed E-state index contributed by atoms with van der Waals surface area (Å²) in [5.74, 6) is 0.260. The van der Waals surface area contributed by atoms with Crippen LogP contribution in [0.1, 0.15) is 61.5 Å². The number of rotatable bonds is 9. The zero-order chi connectivity index (χ0) is 32.4. The Morgan fingerprint density at radius 1 is 1.00 bits per heavy atom. The van der Waals surface area contributed by atoms with Gasteiger partial charge in [0.2, 0.25) is 0 Å². The first-order valence-electron chi connectivity index (χ1n) is 17.4. The number of aromatic nitrogens is 3.